The Labute approximate surface area is 99.8 Å². The van der Waals surface area contributed by atoms with Gasteiger partial charge in [-0.3, -0.25) is 4.79 Å². The van der Waals surface area contributed by atoms with E-state index in [1.807, 2.05) is 0 Å². The summed E-state index contributed by atoms with van der Waals surface area (Å²) in [6, 6.07) is 6.47. The Morgan fingerprint density at radius 1 is 1.25 bits per heavy atom. The van der Waals surface area contributed by atoms with E-state index >= 15 is 0 Å². The maximum Gasteiger partial charge on any atom is 0.345 e. The van der Waals surface area contributed by atoms with Crippen LogP contribution in [-0.2, 0) is 9.59 Å². The van der Waals surface area contributed by atoms with E-state index in [1.54, 1.807) is 24.3 Å². The Hall–Kier alpha value is -1.56. The molecule has 6 heteroatoms. The minimum atomic E-state index is -1.38. The molecule has 16 heavy (non-hydrogen) atoms. The normalized spacial score (nSPS) is 11.8. The van der Waals surface area contributed by atoms with Crippen molar-refractivity contribution in [2.24, 2.45) is 0 Å². The van der Waals surface area contributed by atoms with Crippen molar-refractivity contribution in [3.63, 3.8) is 0 Å². The van der Waals surface area contributed by atoms with Gasteiger partial charge in [0.25, 0.3) is 0 Å². The predicted molar refractivity (Wildman–Crippen MR) is 58.4 cm³/mol. The summed E-state index contributed by atoms with van der Waals surface area (Å²) in [4.78, 5) is 21.1. The van der Waals surface area contributed by atoms with Gasteiger partial charge in [0.05, 0.1) is 6.42 Å². The second-order valence-electron chi connectivity index (χ2n) is 3.00. The number of benzene rings is 1. The summed E-state index contributed by atoms with van der Waals surface area (Å²) >= 11 is 3.21. The van der Waals surface area contributed by atoms with Gasteiger partial charge in [0.1, 0.15) is 5.75 Å². The molecular weight excluding hydrogens is 280 g/mol. The Morgan fingerprint density at radius 3 is 2.25 bits per heavy atom. The smallest absolute Gasteiger partial charge is 0.345 e. The third-order valence-electron chi connectivity index (χ3n) is 1.73. The molecule has 0 aliphatic rings. The van der Waals surface area contributed by atoms with Crippen molar-refractivity contribution in [1.82, 2.24) is 0 Å². The van der Waals surface area contributed by atoms with Crippen molar-refractivity contribution in [1.29, 1.82) is 0 Å². The standard InChI is InChI=1S/C10H9BrO5/c11-6-1-3-7(4-2-6)16-8(10(14)15)5-9(12)13/h1-4,8H,5H2,(H,12,13)(H,14,15)/t8-/m0/s1. The number of rotatable bonds is 5. The van der Waals surface area contributed by atoms with Gasteiger partial charge in [0.2, 0.25) is 6.10 Å². The lowest BCUT2D eigenvalue weighted by Gasteiger charge is -2.12. The van der Waals surface area contributed by atoms with Crippen LogP contribution in [-0.4, -0.2) is 28.3 Å². The third-order valence-corrected chi connectivity index (χ3v) is 2.26. The van der Waals surface area contributed by atoms with Crippen LogP contribution in [0.4, 0.5) is 0 Å². The Kier molecular flexibility index (Phi) is 4.30. The first kappa shape index (κ1) is 12.5. The van der Waals surface area contributed by atoms with Gasteiger partial charge < -0.3 is 14.9 Å². The average molecular weight is 289 g/mol. The van der Waals surface area contributed by atoms with Gasteiger partial charge in [-0.05, 0) is 24.3 Å². The lowest BCUT2D eigenvalue weighted by atomic mass is 10.2. The quantitative estimate of drug-likeness (QED) is 0.862. The van der Waals surface area contributed by atoms with Gasteiger partial charge in [-0.1, -0.05) is 15.9 Å². The molecule has 1 aromatic carbocycles. The number of carboxylic acids is 2. The summed E-state index contributed by atoms with van der Waals surface area (Å²) in [6.45, 7) is 0. The maximum absolute atomic E-state index is 10.7. The fraction of sp³-hybridized carbons (Fsp3) is 0.200. The van der Waals surface area contributed by atoms with Gasteiger partial charge in [-0.25, -0.2) is 4.79 Å². The minimum absolute atomic E-state index is 0.317. The van der Waals surface area contributed by atoms with Crippen molar-refractivity contribution in [3.05, 3.63) is 28.7 Å². The van der Waals surface area contributed by atoms with E-state index in [9.17, 15) is 9.59 Å². The first-order chi connectivity index (χ1) is 7.49. The molecule has 1 rings (SSSR count). The van der Waals surface area contributed by atoms with Crippen LogP contribution in [0.1, 0.15) is 6.42 Å². The lowest BCUT2D eigenvalue weighted by molar-refractivity contribution is -0.151. The predicted octanol–water partition coefficient (Wildman–Crippen LogP) is 1.76. The maximum atomic E-state index is 10.7. The molecule has 0 aromatic heterocycles. The Balaban J connectivity index is 2.71. The number of carbonyl (C=O) groups is 2. The first-order valence-electron chi connectivity index (χ1n) is 4.36. The van der Waals surface area contributed by atoms with Gasteiger partial charge in [0.15, 0.2) is 0 Å². The second kappa shape index (κ2) is 5.50. The molecular formula is C10H9BrO5. The zero-order chi connectivity index (χ0) is 12.1. The molecule has 0 heterocycles. The number of carboxylic acid groups (broad SMARTS) is 2. The molecule has 0 spiro atoms. The van der Waals surface area contributed by atoms with E-state index in [0.29, 0.717) is 5.75 Å². The summed E-state index contributed by atoms with van der Waals surface area (Å²) in [5.74, 6) is -2.20. The molecule has 0 saturated carbocycles. The molecule has 0 saturated heterocycles. The molecule has 0 aliphatic carbocycles. The van der Waals surface area contributed by atoms with Crippen LogP contribution in [0.15, 0.2) is 28.7 Å². The van der Waals surface area contributed by atoms with E-state index in [-0.39, 0.29) is 0 Å². The van der Waals surface area contributed by atoms with Gasteiger partial charge in [-0.15, -0.1) is 0 Å². The first-order valence-corrected chi connectivity index (χ1v) is 5.15. The van der Waals surface area contributed by atoms with Crippen LogP contribution in [0.25, 0.3) is 0 Å². The van der Waals surface area contributed by atoms with Crippen LogP contribution in [0.2, 0.25) is 0 Å². The summed E-state index contributed by atoms with van der Waals surface area (Å²) < 4.78 is 5.86. The van der Waals surface area contributed by atoms with E-state index < -0.39 is 24.5 Å². The van der Waals surface area contributed by atoms with E-state index in [4.69, 9.17) is 14.9 Å². The summed E-state index contributed by atoms with van der Waals surface area (Å²) in [6.07, 6.45) is -1.95. The van der Waals surface area contributed by atoms with Gasteiger partial charge in [0, 0.05) is 4.47 Å². The second-order valence-corrected chi connectivity index (χ2v) is 3.91. The van der Waals surface area contributed by atoms with E-state index in [0.717, 1.165) is 4.47 Å². The highest BCUT2D eigenvalue weighted by Crippen LogP contribution is 2.18. The molecule has 1 aromatic rings. The molecule has 0 radical (unpaired) electrons. The van der Waals surface area contributed by atoms with Crippen molar-refractivity contribution in [2.75, 3.05) is 0 Å². The zero-order valence-electron chi connectivity index (χ0n) is 8.09. The lowest BCUT2D eigenvalue weighted by Crippen LogP contribution is -2.29. The molecule has 0 aliphatic heterocycles. The topological polar surface area (TPSA) is 83.8 Å². The number of hydrogen-bond acceptors (Lipinski definition) is 3. The van der Waals surface area contributed by atoms with Crippen molar-refractivity contribution in [3.8, 4) is 5.75 Å². The van der Waals surface area contributed by atoms with Crippen LogP contribution in [0, 0.1) is 0 Å². The summed E-state index contributed by atoms with van der Waals surface area (Å²) in [7, 11) is 0. The molecule has 2 N–H and O–H groups in total. The van der Waals surface area contributed by atoms with Crippen LogP contribution in [0.5, 0.6) is 5.75 Å². The largest absolute Gasteiger partial charge is 0.481 e. The van der Waals surface area contributed by atoms with Crippen molar-refractivity contribution < 1.29 is 24.5 Å². The van der Waals surface area contributed by atoms with E-state index in [1.165, 1.54) is 0 Å². The zero-order valence-corrected chi connectivity index (χ0v) is 9.68. The van der Waals surface area contributed by atoms with Crippen LogP contribution >= 0.6 is 15.9 Å². The Bertz CT molecular complexity index is 387. The van der Waals surface area contributed by atoms with E-state index in [2.05, 4.69) is 15.9 Å². The molecule has 0 bridgehead atoms. The van der Waals surface area contributed by atoms with Crippen molar-refractivity contribution >= 4 is 27.9 Å². The highest BCUT2D eigenvalue weighted by Gasteiger charge is 2.22. The number of aliphatic carboxylic acids is 2. The Morgan fingerprint density at radius 2 is 1.81 bits per heavy atom. The molecule has 0 fully saturated rings. The molecule has 0 unspecified atom stereocenters. The molecule has 86 valence electrons. The van der Waals surface area contributed by atoms with Gasteiger partial charge in [-0.2, -0.15) is 0 Å². The number of hydrogen-bond donors (Lipinski definition) is 2. The SMILES string of the molecule is O=C(O)C[C@H](Oc1ccc(Br)cc1)C(=O)O. The van der Waals surface area contributed by atoms with Crippen molar-refractivity contribution in [2.45, 2.75) is 12.5 Å². The van der Waals surface area contributed by atoms with Gasteiger partial charge >= 0.3 is 11.9 Å². The highest BCUT2D eigenvalue weighted by molar-refractivity contribution is 9.10. The molecule has 1 atom stereocenters. The fourth-order valence-corrected chi connectivity index (χ4v) is 1.28. The fourth-order valence-electron chi connectivity index (χ4n) is 1.02. The van der Waals surface area contributed by atoms with Crippen LogP contribution < -0.4 is 4.74 Å². The molecule has 0 amide bonds. The highest BCUT2D eigenvalue weighted by atomic mass is 79.9. The average Bonchev–Trinajstić information content (AvgIpc) is 2.19. The number of ether oxygens (including phenoxy) is 1. The number of halogens is 1. The van der Waals surface area contributed by atoms with Crippen LogP contribution in [0.3, 0.4) is 0 Å². The summed E-state index contributed by atoms with van der Waals surface area (Å²) in [5.41, 5.74) is 0. The third kappa shape index (κ3) is 3.90. The monoisotopic (exact) mass is 288 g/mol. The summed E-state index contributed by atoms with van der Waals surface area (Å²) in [5, 5.41) is 17.2. The minimum Gasteiger partial charge on any atom is -0.481 e. The molecule has 5 nitrogen and oxygen atoms in total.